The van der Waals surface area contributed by atoms with E-state index in [4.69, 9.17) is 0 Å². The van der Waals surface area contributed by atoms with Crippen LogP contribution in [0, 0.1) is 0 Å². The van der Waals surface area contributed by atoms with Gasteiger partial charge in [-0.05, 0) is 14.1 Å². The van der Waals surface area contributed by atoms with Crippen molar-refractivity contribution in [2.24, 2.45) is 0 Å². The van der Waals surface area contributed by atoms with E-state index in [0.29, 0.717) is 0 Å². The van der Waals surface area contributed by atoms with Gasteiger partial charge < -0.3 is 20.2 Å². The summed E-state index contributed by atoms with van der Waals surface area (Å²) in [6.45, 7) is 2.09. The minimum Gasteiger partial charge on any atom is -0.766 e. The summed E-state index contributed by atoms with van der Waals surface area (Å²) in [5.41, 5.74) is 0. The van der Waals surface area contributed by atoms with Crippen LogP contribution in [0.25, 0.3) is 0 Å². The maximum Gasteiger partial charge on any atom is 1.00 e. The predicted octanol–water partition coefficient (Wildman–Crippen LogP) is -5.26. The van der Waals surface area contributed by atoms with Gasteiger partial charge in [0.2, 0.25) is 0 Å². The number of unbranched alkanes of at least 4 members (excludes halogenated alkanes) is 2. The summed E-state index contributed by atoms with van der Waals surface area (Å²) in [6.07, 6.45) is 3.92. The Bertz CT molecular complexity index is 248. The summed E-state index contributed by atoms with van der Waals surface area (Å²) < 4.78 is 31.8. The summed E-state index contributed by atoms with van der Waals surface area (Å²) in [4.78, 5) is 1.80. The molecule has 0 aromatic rings. The summed E-state index contributed by atoms with van der Waals surface area (Å²) in [5.74, 6) is 0. The third-order valence-corrected chi connectivity index (χ3v) is 4.64. The summed E-state index contributed by atoms with van der Waals surface area (Å²) in [5, 5.41) is -0.163. The Morgan fingerprint density at radius 2 is 1.75 bits per heavy atom. The van der Waals surface area contributed by atoms with E-state index in [1.807, 2.05) is 0 Å². The molecule has 88 valence electrons. The maximum absolute atomic E-state index is 10.6. The molecule has 16 heavy (non-hydrogen) atoms. The van der Waals surface area contributed by atoms with Gasteiger partial charge in [-0.15, -0.1) is 0 Å². The van der Waals surface area contributed by atoms with Crippen molar-refractivity contribution in [3.8, 4) is 0 Å². The maximum atomic E-state index is 10.6. The van der Waals surface area contributed by atoms with E-state index in [2.05, 4.69) is 6.92 Å². The molecule has 0 rings (SSSR count). The quantitative estimate of drug-likeness (QED) is 0.117. The SMILES string of the molecule is CCCCCC([SH-]S(=O)(=O)[O-])N(C)C.[Na+].[Na+]. The summed E-state index contributed by atoms with van der Waals surface area (Å²) in [7, 11) is -0.539. The molecule has 1 unspecified atom stereocenters. The summed E-state index contributed by atoms with van der Waals surface area (Å²) in [6, 6.07) is 0. The molecule has 0 bridgehead atoms. The molecule has 0 aliphatic rings. The number of hydrogen-bond donors (Lipinski definition) is 0. The van der Waals surface area contributed by atoms with E-state index in [-0.39, 0.29) is 75.3 Å². The molecule has 0 aromatic carbocycles. The minimum atomic E-state index is -4.12. The zero-order chi connectivity index (χ0) is 11.2. The molecule has 4 nitrogen and oxygen atoms in total. The molecule has 0 saturated heterocycles. The van der Waals surface area contributed by atoms with Gasteiger partial charge >= 0.3 is 59.1 Å². The van der Waals surface area contributed by atoms with Gasteiger partial charge in [-0.1, -0.05) is 38.0 Å². The van der Waals surface area contributed by atoms with Gasteiger partial charge in [0.15, 0.2) is 0 Å². The average Bonchev–Trinajstić information content (AvgIpc) is 2.00. The standard InChI is InChI=1S/C8H20NO3S2.2Na/c1-4-5-6-7-8(9(2)3)13-14(10,11)12;;/h8,13H,4-7H2,1-3H3,(H,10,11,12);;/q-1;2*+1/p-1. The smallest absolute Gasteiger partial charge is 0.766 e. The molecule has 0 fully saturated rings. The molecule has 8 heteroatoms. The van der Waals surface area contributed by atoms with Crippen LogP contribution in [0.1, 0.15) is 32.6 Å². The summed E-state index contributed by atoms with van der Waals surface area (Å²) >= 11 is 0. The fraction of sp³-hybridized carbons (Fsp3) is 1.00. The van der Waals surface area contributed by atoms with Crippen LogP contribution in [0.4, 0.5) is 0 Å². The van der Waals surface area contributed by atoms with Gasteiger partial charge in [0.1, 0.15) is 0 Å². The Hall–Kier alpha value is 2.22. The van der Waals surface area contributed by atoms with Crippen molar-refractivity contribution in [3.05, 3.63) is 0 Å². The van der Waals surface area contributed by atoms with E-state index in [0.717, 1.165) is 25.7 Å². The van der Waals surface area contributed by atoms with Crippen LogP contribution < -0.4 is 59.1 Å². The van der Waals surface area contributed by atoms with Crippen molar-refractivity contribution in [3.63, 3.8) is 0 Å². The normalized spacial score (nSPS) is 13.1. The largest absolute Gasteiger partial charge is 1.00 e. The third-order valence-electron chi connectivity index (χ3n) is 1.91. The topological polar surface area (TPSA) is 60.4 Å². The molecule has 0 saturated carbocycles. The number of rotatable bonds is 7. The average molecular weight is 287 g/mol. The van der Waals surface area contributed by atoms with Crippen LogP contribution in [0.15, 0.2) is 0 Å². The van der Waals surface area contributed by atoms with Crippen molar-refractivity contribution in [2.45, 2.75) is 38.0 Å². The molecular weight excluding hydrogens is 268 g/mol. The van der Waals surface area contributed by atoms with Gasteiger partial charge in [-0.3, -0.25) is 8.42 Å². The Morgan fingerprint density at radius 3 is 2.06 bits per heavy atom. The van der Waals surface area contributed by atoms with Crippen LogP contribution in [0.3, 0.4) is 0 Å². The Morgan fingerprint density at radius 1 is 1.25 bits per heavy atom. The molecule has 0 amide bonds. The first kappa shape index (κ1) is 23.3. The Kier molecular flexibility index (Phi) is 17.9. The van der Waals surface area contributed by atoms with E-state index < -0.39 is 9.15 Å². The zero-order valence-electron chi connectivity index (χ0n) is 10.9. The van der Waals surface area contributed by atoms with Gasteiger partial charge in [0.05, 0.1) is 0 Å². The van der Waals surface area contributed by atoms with Crippen LogP contribution >= 0.6 is 0 Å². The molecule has 1 atom stereocenters. The van der Waals surface area contributed by atoms with Crippen molar-refractivity contribution < 1.29 is 72.1 Å². The molecule has 0 N–H and O–H groups in total. The second-order valence-electron chi connectivity index (χ2n) is 3.47. The van der Waals surface area contributed by atoms with Crippen molar-refractivity contribution in [2.75, 3.05) is 14.1 Å². The molecule has 0 aromatic heterocycles. The van der Waals surface area contributed by atoms with Crippen LogP contribution in [-0.4, -0.2) is 37.3 Å². The van der Waals surface area contributed by atoms with Crippen molar-refractivity contribution >= 4 is 19.9 Å². The molecule has 0 heterocycles. The fourth-order valence-corrected chi connectivity index (χ4v) is 3.68. The third kappa shape index (κ3) is 14.3. The van der Waals surface area contributed by atoms with E-state index in [1.54, 1.807) is 19.0 Å². The first-order valence-electron chi connectivity index (χ1n) is 4.71. The van der Waals surface area contributed by atoms with Crippen molar-refractivity contribution in [1.82, 2.24) is 4.90 Å². The van der Waals surface area contributed by atoms with E-state index >= 15 is 0 Å². The van der Waals surface area contributed by atoms with Gasteiger partial charge in [-0.25, -0.2) is 0 Å². The number of hydrogen-bond acceptors (Lipinski definition) is 5. The molecule has 0 aliphatic carbocycles. The van der Waals surface area contributed by atoms with E-state index in [9.17, 15) is 13.0 Å². The number of nitrogens with zero attached hydrogens (tertiary/aromatic N) is 1. The molecular formula is C8H19NNa2O3S2. The van der Waals surface area contributed by atoms with Crippen LogP contribution in [0.5, 0.6) is 0 Å². The fourth-order valence-electron chi connectivity index (χ4n) is 1.13. The Labute approximate surface area is 147 Å². The first-order chi connectivity index (χ1) is 6.37. The van der Waals surface area contributed by atoms with Crippen LogP contribution in [0.2, 0.25) is 0 Å². The number of thiol groups is 1. The molecule has 0 spiro atoms. The van der Waals surface area contributed by atoms with Crippen LogP contribution in [-0.2, 0) is 19.9 Å². The molecule has 0 radical (unpaired) electrons. The van der Waals surface area contributed by atoms with E-state index in [1.165, 1.54) is 0 Å². The Balaban J connectivity index is -0.000000845. The van der Waals surface area contributed by atoms with Gasteiger partial charge in [0.25, 0.3) is 0 Å². The predicted molar refractivity (Wildman–Crippen MR) is 60.1 cm³/mol. The first-order valence-corrected chi connectivity index (χ1v) is 7.69. The second kappa shape index (κ2) is 12.3. The minimum absolute atomic E-state index is 0. The van der Waals surface area contributed by atoms with Gasteiger partial charge in [0, 0.05) is 9.15 Å². The monoisotopic (exact) mass is 287 g/mol. The van der Waals surface area contributed by atoms with Gasteiger partial charge in [-0.2, -0.15) is 0 Å². The van der Waals surface area contributed by atoms with Crippen molar-refractivity contribution in [1.29, 1.82) is 0 Å². The zero-order valence-corrected chi connectivity index (χ0v) is 16.6. The second-order valence-corrected chi connectivity index (χ2v) is 7.11. The molecule has 0 aliphatic heterocycles.